The summed E-state index contributed by atoms with van der Waals surface area (Å²) in [4.78, 5) is 0. The maximum Gasteiger partial charge on any atom is 0.178 e. The van der Waals surface area contributed by atoms with Crippen molar-refractivity contribution in [1.29, 1.82) is 0 Å². The fourth-order valence-corrected chi connectivity index (χ4v) is 1.75. The summed E-state index contributed by atoms with van der Waals surface area (Å²) in [7, 11) is 0. The first-order valence-corrected chi connectivity index (χ1v) is 5.26. The van der Waals surface area contributed by atoms with Crippen LogP contribution < -0.4 is 17.0 Å². The monoisotopic (exact) mass is 233 g/mol. The molecule has 0 bridgehead atoms. The summed E-state index contributed by atoms with van der Waals surface area (Å²) in [6, 6.07) is 14.9. The Kier molecular flexibility index (Phi) is 4.51. The molecule has 16 heavy (non-hydrogen) atoms. The third-order valence-corrected chi connectivity index (χ3v) is 2.60. The second kappa shape index (κ2) is 5.66. The van der Waals surface area contributed by atoms with Gasteiger partial charge in [-0.2, -0.15) is 4.57 Å². The topological polar surface area (TPSA) is 3.88 Å². The van der Waals surface area contributed by atoms with Gasteiger partial charge in [0.2, 0.25) is 0 Å². The molecule has 0 spiro atoms. The zero-order valence-corrected chi connectivity index (χ0v) is 10.4. The zero-order chi connectivity index (χ0) is 10.7. The number of hydrogen-bond acceptors (Lipinski definition) is 0. The Bertz CT molecular complexity index is 466. The Morgan fingerprint density at radius 2 is 1.81 bits per heavy atom. The Hall–Kier alpha value is -1.34. The molecule has 0 fully saturated rings. The van der Waals surface area contributed by atoms with Gasteiger partial charge in [0.15, 0.2) is 18.4 Å². The van der Waals surface area contributed by atoms with Crippen LogP contribution in [0.5, 0.6) is 0 Å². The van der Waals surface area contributed by atoms with E-state index in [4.69, 9.17) is 0 Å². The molecule has 2 heteroatoms. The van der Waals surface area contributed by atoms with Crippen molar-refractivity contribution in [3.8, 4) is 0 Å². The molecule has 0 saturated carbocycles. The second-order valence-electron chi connectivity index (χ2n) is 3.96. The van der Waals surface area contributed by atoms with E-state index in [1.54, 1.807) is 0 Å². The van der Waals surface area contributed by atoms with Crippen molar-refractivity contribution >= 4 is 0 Å². The lowest BCUT2D eigenvalue weighted by atomic mass is 10.1. The van der Waals surface area contributed by atoms with Crippen molar-refractivity contribution in [2.45, 2.75) is 20.4 Å². The van der Waals surface area contributed by atoms with Crippen molar-refractivity contribution in [3.63, 3.8) is 0 Å². The van der Waals surface area contributed by atoms with E-state index in [-0.39, 0.29) is 12.4 Å². The fourth-order valence-electron chi connectivity index (χ4n) is 1.75. The number of benzene rings is 1. The second-order valence-corrected chi connectivity index (χ2v) is 3.96. The highest BCUT2D eigenvalue weighted by Crippen LogP contribution is 2.03. The first kappa shape index (κ1) is 12.7. The normalized spacial score (nSPS) is 9.62. The molecule has 1 aromatic carbocycles. The zero-order valence-electron chi connectivity index (χ0n) is 9.65. The van der Waals surface area contributed by atoms with Crippen molar-refractivity contribution in [2.24, 2.45) is 0 Å². The van der Waals surface area contributed by atoms with E-state index < -0.39 is 0 Å². The maximum absolute atomic E-state index is 2.26. The van der Waals surface area contributed by atoms with E-state index in [0.29, 0.717) is 0 Å². The molecule has 1 aromatic heterocycles. The van der Waals surface area contributed by atoms with Gasteiger partial charge in [-0.3, -0.25) is 0 Å². The number of aromatic nitrogens is 1. The van der Waals surface area contributed by atoms with Gasteiger partial charge in [0.25, 0.3) is 0 Å². The Balaban J connectivity index is 0.00000128. The molecule has 2 aromatic rings. The molecule has 0 unspecified atom stereocenters. The lowest BCUT2D eigenvalue weighted by Gasteiger charge is -2.01. The molecule has 84 valence electrons. The average molecular weight is 234 g/mol. The molecule has 1 heterocycles. The Morgan fingerprint density at radius 1 is 1.00 bits per heavy atom. The van der Waals surface area contributed by atoms with Crippen LogP contribution in [0.2, 0.25) is 0 Å². The number of rotatable bonds is 2. The molecular formula is C14H16ClN. The van der Waals surface area contributed by atoms with Gasteiger partial charge < -0.3 is 12.4 Å². The predicted octanol–water partition coefficient (Wildman–Crippen LogP) is -0.357. The standard InChI is InChI=1S/C14H16N.ClH/c1-12-6-5-8-14(10-12)11-15-9-4-3-7-13(15)2;/h3-10H,11H2,1-2H3;1H/q+1;/p-1. The smallest absolute Gasteiger partial charge is 0.178 e. The third kappa shape index (κ3) is 3.07. The molecule has 0 aliphatic carbocycles. The molecule has 0 aliphatic heterocycles. The molecule has 0 atom stereocenters. The van der Waals surface area contributed by atoms with Gasteiger partial charge in [-0.25, -0.2) is 0 Å². The van der Waals surface area contributed by atoms with Gasteiger partial charge in [-0.05, 0) is 13.0 Å². The van der Waals surface area contributed by atoms with E-state index >= 15 is 0 Å². The van der Waals surface area contributed by atoms with Crippen LogP contribution in [-0.2, 0) is 6.54 Å². The minimum atomic E-state index is 0. The summed E-state index contributed by atoms with van der Waals surface area (Å²) < 4.78 is 2.26. The van der Waals surface area contributed by atoms with Gasteiger partial charge in [0.1, 0.15) is 0 Å². The minimum absolute atomic E-state index is 0. The predicted molar refractivity (Wildman–Crippen MR) is 61.7 cm³/mol. The summed E-state index contributed by atoms with van der Waals surface area (Å²) in [6.07, 6.45) is 2.12. The maximum atomic E-state index is 2.26. The van der Waals surface area contributed by atoms with E-state index in [1.807, 2.05) is 0 Å². The largest absolute Gasteiger partial charge is 1.00 e. The highest BCUT2D eigenvalue weighted by atomic mass is 35.5. The summed E-state index contributed by atoms with van der Waals surface area (Å²) in [5.41, 5.74) is 3.97. The summed E-state index contributed by atoms with van der Waals surface area (Å²) in [6.45, 7) is 5.22. The van der Waals surface area contributed by atoms with Crippen molar-refractivity contribution in [1.82, 2.24) is 0 Å². The van der Waals surface area contributed by atoms with Gasteiger partial charge in [-0.15, -0.1) is 0 Å². The highest BCUT2D eigenvalue weighted by Gasteiger charge is 2.05. The summed E-state index contributed by atoms with van der Waals surface area (Å²) >= 11 is 0. The van der Waals surface area contributed by atoms with Crippen LogP contribution in [0.1, 0.15) is 16.8 Å². The van der Waals surface area contributed by atoms with Gasteiger partial charge in [0, 0.05) is 24.6 Å². The van der Waals surface area contributed by atoms with Crippen molar-refractivity contribution in [2.75, 3.05) is 0 Å². The minimum Gasteiger partial charge on any atom is -1.00 e. The molecule has 0 amide bonds. The number of aryl methyl sites for hydroxylation is 2. The molecule has 0 radical (unpaired) electrons. The van der Waals surface area contributed by atoms with E-state index in [1.165, 1.54) is 16.8 Å². The van der Waals surface area contributed by atoms with Crippen LogP contribution in [0.3, 0.4) is 0 Å². The molecule has 0 N–H and O–H groups in total. The van der Waals surface area contributed by atoms with Crippen LogP contribution in [0.4, 0.5) is 0 Å². The van der Waals surface area contributed by atoms with Crippen molar-refractivity contribution in [3.05, 3.63) is 65.5 Å². The van der Waals surface area contributed by atoms with Gasteiger partial charge in [0.05, 0.1) is 0 Å². The van der Waals surface area contributed by atoms with E-state index in [2.05, 4.69) is 67.1 Å². The van der Waals surface area contributed by atoms with Crippen LogP contribution in [0.15, 0.2) is 48.7 Å². The lowest BCUT2D eigenvalue weighted by Crippen LogP contribution is -3.00. The summed E-state index contributed by atoms with van der Waals surface area (Å²) in [5, 5.41) is 0. The summed E-state index contributed by atoms with van der Waals surface area (Å²) in [5.74, 6) is 0. The van der Waals surface area contributed by atoms with E-state index in [9.17, 15) is 0 Å². The van der Waals surface area contributed by atoms with Crippen LogP contribution >= 0.6 is 0 Å². The lowest BCUT2D eigenvalue weighted by molar-refractivity contribution is -0.694. The quantitative estimate of drug-likeness (QED) is 0.624. The number of hydrogen-bond donors (Lipinski definition) is 0. The SMILES string of the molecule is Cc1cccc(C[n+]2ccccc2C)c1.[Cl-]. The Morgan fingerprint density at radius 3 is 2.50 bits per heavy atom. The molecule has 1 nitrogen and oxygen atoms in total. The number of pyridine rings is 1. The highest BCUT2D eigenvalue weighted by molar-refractivity contribution is 5.21. The molecule has 2 rings (SSSR count). The number of halogens is 1. The van der Waals surface area contributed by atoms with Crippen LogP contribution in [0, 0.1) is 13.8 Å². The third-order valence-electron chi connectivity index (χ3n) is 2.60. The molecular weight excluding hydrogens is 218 g/mol. The van der Waals surface area contributed by atoms with E-state index in [0.717, 1.165) is 6.54 Å². The number of nitrogens with zero attached hydrogens (tertiary/aromatic N) is 1. The van der Waals surface area contributed by atoms with Crippen molar-refractivity contribution < 1.29 is 17.0 Å². The molecule has 0 aliphatic rings. The van der Waals surface area contributed by atoms with Crippen LogP contribution in [0.25, 0.3) is 0 Å². The molecule has 0 saturated heterocycles. The van der Waals surface area contributed by atoms with Crippen LogP contribution in [-0.4, -0.2) is 0 Å². The van der Waals surface area contributed by atoms with Gasteiger partial charge >= 0.3 is 0 Å². The first-order chi connectivity index (χ1) is 7.25. The fraction of sp³-hybridized carbons (Fsp3) is 0.214. The average Bonchev–Trinajstić information content (AvgIpc) is 2.22. The Labute approximate surface area is 103 Å². The van der Waals surface area contributed by atoms with Gasteiger partial charge in [-0.1, -0.05) is 29.8 Å². The first-order valence-electron chi connectivity index (χ1n) is 5.26.